The molecule has 0 heterocycles. The van der Waals surface area contributed by atoms with Gasteiger partial charge in [-0.15, -0.1) is 0 Å². The highest BCUT2D eigenvalue weighted by Gasteiger charge is 2.13. The van der Waals surface area contributed by atoms with Gasteiger partial charge in [0.05, 0.1) is 12.1 Å². The van der Waals surface area contributed by atoms with Crippen molar-refractivity contribution in [1.82, 2.24) is 0 Å². The number of anilines is 1. The summed E-state index contributed by atoms with van der Waals surface area (Å²) in [6.45, 7) is 2.33. The third-order valence-corrected chi connectivity index (χ3v) is 3.44. The largest absolute Gasteiger partial charge is 0.478 e. The van der Waals surface area contributed by atoms with Crippen molar-refractivity contribution in [3.05, 3.63) is 65.2 Å². The van der Waals surface area contributed by atoms with Gasteiger partial charge in [-0.25, -0.2) is 9.59 Å². The minimum absolute atomic E-state index is 0.211. The van der Waals surface area contributed by atoms with Crippen molar-refractivity contribution in [2.75, 3.05) is 4.90 Å². The minimum atomic E-state index is -0.978. The molecule has 114 valence electrons. The first-order valence-electron chi connectivity index (χ1n) is 6.99. The summed E-state index contributed by atoms with van der Waals surface area (Å²) in [5, 5.41) is 8.90. The van der Waals surface area contributed by atoms with E-state index in [1.165, 1.54) is 17.0 Å². The van der Waals surface area contributed by atoms with Gasteiger partial charge in [-0.05, 0) is 41.8 Å². The van der Waals surface area contributed by atoms with Crippen LogP contribution in [0.2, 0.25) is 0 Å². The Morgan fingerprint density at radius 1 is 1.09 bits per heavy atom. The third-order valence-electron chi connectivity index (χ3n) is 3.44. The molecule has 22 heavy (non-hydrogen) atoms. The predicted molar refractivity (Wildman–Crippen MR) is 85.0 cm³/mol. The molecule has 0 unspecified atom stereocenters. The molecule has 0 aliphatic rings. The van der Waals surface area contributed by atoms with E-state index in [2.05, 4.69) is 0 Å². The number of rotatable bonds is 5. The SMILES string of the molecule is CCc1cccc(N(Cc2ccc(C(=O)O)cc2)C(N)=O)c1. The number of carbonyl (C=O) groups is 2. The zero-order valence-electron chi connectivity index (χ0n) is 12.3. The molecule has 2 rings (SSSR count). The Bertz CT molecular complexity index is 681. The van der Waals surface area contributed by atoms with Gasteiger partial charge in [-0.2, -0.15) is 0 Å². The van der Waals surface area contributed by atoms with Crippen molar-refractivity contribution in [2.45, 2.75) is 19.9 Å². The summed E-state index contributed by atoms with van der Waals surface area (Å²) in [6.07, 6.45) is 0.869. The van der Waals surface area contributed by atoms with Crippen LogP contribution in [0.5, 0.6) is 0 Å². The molecule has 0 spiro atoms. The Labute approximate surface area is 129 Å². The second kappa shape index (κ2) is 6.76. The molecule has 0 saturated heterocycles. The highest BCUT2D eigenvalue weighted by atomic mass is 16.4. The van der Waals surface area contributed by atoms with Crippen molar-refractivity contribution in [3.63, 3.8) is 0 Å². The second-order valence-corrected chi connectivity index (χ2v) is 4.95. The van der Waals surface area contributed by atoms with Crippen LogP contribution < -0.4 is 10.6 Å². The Balaban J connectivity index is 2.25. The van der Waals surface area contributed by atoms with Gasteiger partial charge in [0.25, 0.3) is 0 Å². The first-order chi connectivity index (χ1) is 10.5. The first kappa shape index (κ1) is 15.6. The van der Waals surface area contributed by atoms with E-state index in [4.69, 9.17) is 10.8 Å². The van der Waals surface area contributed by atoms with Crippen molar-refractivity contribution in [3.8, 4) is 0 Å². The van der Waals surface area contributed by atoms with Crippen molar-refractivity contribution in [2.24, 2.45) is 5.73 Å². The van der Waals surface area contributed by atoms with Gasteiger partial charge < -0.3 is 10.8 Å². The summed E-state index contributed by atoms with van der Waals surface area (Å²) in [7, 11) is 0. The van der Waals surface area contributed by atoms with Gasteiger partial charge >= 0.3 is 12.0 Å². The van der Waals surface area contributed by atoms with Crippen LogP contribution in [0.15, 0.2) is 48.5 Å². The Morgan fingerprint density at radius 2 is 1.77 bits per heavy atom. The van der Waals surface area contributed by atoms with Crippen LogP contribution >= 0.6 is 0 Å². The standard InChI is InChI=1S/C17H18N2O3/c1-2-12-4-3-5-15(10-12)19(17(18)22)11-13-6-8-14(9-7-13)16(20)21/h3-10H,2,11H2,1H3,(H2,18,22)(H,20,21). The van der Waals surface area contributed by atoms with Crippen LogP contribution in [0.1, 0.15) is 28.4 Å². The highest BCUT2D eigenvalue weighted by molar-refractivity contribution is 5.91. The molecule has 0 atom stereocenters. The molecule has 0 fully saturated rings. The molecule has 0 aromatic heterocycles. The van der Waals surface area contributed by atoms with E-state index >= 15 is 0 Å². The fraction of sp³-hybridized carbons (Fsp3) is 0.176. The number of carbonyl (C=O) groups excluding carboxylic acids is 1. The molecule has 0 aliphatic heterocycles. The summed E-state index contributed by atoms with van der Waals surface area (Å²) in [5.41, 5.74) is 8.35. The number of carboxylic acids is 1. The lowest BCUT2D eigenvalue weighted by Crippen LogP contribution is -2.35. The zero-order chi connectivity index (χ0) is 16.1. The lowest BCUT2D eigenvalue weighted by molar-refractivity contribution is 0.0697. The molecule has 0 aliphatic carbocycles. The monoisotopic (exact) mass is 298 g/mol. The van der Waals surface area contributed by atoms with Crippen LogP contribution in [-0.4, -0.2) is 17.1 Å². The van der Waals surface area contributed by atoms with Crippen LogP contribution in [0.4, 0.5) is 10.5 Å². The zero-order valence-corrected chi connectivity index (χ0v) is 12.3. The van der Waals surface area contributed by atoms with Gasteiger partial charge in [0, 0.05) is 5.69 Å². The van der Waals surface area contributed by atoms with Crippen molar-refractivity contribution in [1.29, 1.82) is 0 Å². The molecule has 0 radical (unpaired) electrons. The maximum absolute atomic E-state index is 11.7. The van der Waals surface area contributed by atoms with Crippen molar-refractivity contribution >= 4 is 17.7 Å². The average molecular weight is 298 g/mol. The van der Waals surface area contributed by atoms with Crippen molar-refractivity contribution < 1.29 is 14.7 Å². The number of aromatic carboxylic acids is 1. The minimum Gasteiger partial charge on any atom is -0.478 e. The summed E-state index contributed by atoms with van der Waals surface area (Å²) < 4.78 is 0. The van der Waals surface area contributed by atoms with Crippen LogP contribution in [0, 0.1) is 0 Å². The van der Waals surface area contributed by atoms with Crippen LogP contribution in [-0.2, 0) is 13.0 Å². The molecule has 2 aromatic rings. The number of nitrogens with two attached hydrogens (primary N) is 1. The van der Waals surface area contributed by atoms with Gasteiger partial charge in [0.2, 0.25) is 0 Å². The Kier molecular flexibility index (Phi) is 4.78. The lowest BCUT2D eigenvalue weighted by Gasteiger charge is -2.21. The van der Waals surface area contributed by atoms with Gasteiger partial charge in [-0.1, -0.05) is 31.2 Å². The number of aryl methyl sites for hydroxylation is 1. The number of primary amides is 1. The van der Waals surface area contributed by atoms with E-state index in [-0.39, 0.29) is 5.56 Å². The van der Waals surface area contributed by atoms with E-state index < -0.39 is 12.0 Å². The summed E-state index contributed by atoms with van der Waals surface area (Å²) in [5.74, 6) is -0.978. The quantitative estimate of drug-likeness (QED) is 0.890. The Hall–Kier alpha value is -2.82. The number of carboxylic acid groups (broad SMARTS) is 1. The molecule has 3 N–H and O–H groups in total. The highest BCUT2D eigenvalue weighted by Crippen LogP contribution is 2.19. The number of hydrogen-bond acceptors (Lipinski definition) is 2. The van der Waals surface area contributed by atoms with E-state index in [9.17, 15) is 9.59 Å². The third kappa shape index (κ3) is 3.63. The molecule has 0 saturated carbocycles. The molecule has 5 nitrogen and oxygen atoms in total. The van der Waals surface area contributed by atoms with Gasteiger partial charge in [0.1, 0.15) is 0 Å². The van der Waals surface area contributed by atoms with Gasteiger partial charge in [0.15, 0.2) is 0 Å². The number of urea groups is 1. The molecule has 2 aromatic carbocycles. The van der Waals surface area contributed by atoms with Crippen LogP contribution in [0.25, 0.3) is 0 Å². The van der Waals surface area contributed by atoms with E-state index in [0.717, 1.165) is 23.2 Å². The topological polar surface area (TPSA) is 83.6 Å². The number of nitrogens with zero attached hydrogens (tertiary/aromatic N) is 1. The molecular weight excluding hydrogens is 280 g/mol. The van der Waals surface area contributed by atoms with Gasteiger partial charge in [-0.3, -0.25) is 4.90 Å². The van der Waals surface area contributed by atoms with E-state index in [1.807, 2.05) is 31.2 Å². The second-order valence-electron chi connectivity index (χ2n) is 4.95. The molecular formula is C17H18N2O3. The smallest absolute Gasteiger partial charge is 0.335 e. The fourth-order valence-electron chi connectivity index (χ4n) is 2.18. The number of benzene rings is 2. The van der Waals surface area contributed by atoms with Crippen LogP contribution in [0.3, 0.4) is 0 Å². The summed E-state index contributed by atoms with van der Waals surface area (Å²) >= 11 is 0. The number of amides is 2. The normalized spacial score (nSPS) is 10.2. The molecule has 2 amide bonds. The maximum Gasteiger partial charge on any atom is 0.335 e. The summed E-state index contributed by atoms with van der Waals surface area (Å²) in [4.78, 5) is 24.1. The van der Waals surface area contributed by atoms with E-state index in [1.54, 1.807) is 12.1 Å². The first-order valence-corrected chi connectivity index (χ1v) is 6.99. The maximum atomic E-state index is 11.7. The molecule has 5 heteroatoms. The predicted octanol–water partition coefficient (Wildman–Crippen LogP) is 3.03. The molecule has 0 bridgehead atoms. The average Bonchev–Trinajstić information content (AvgIpc) is 2.52. The lowest BCUT2D eigenvalue weighted by atomic mass is 10.1. The number of hydrogen-bond donors (Lipinski definition) is 2. The van der Waals surface area contributed by atoms with E-state index in [0.29, 0.717) is 6.54 Å². The fourth-order valence-corrected chi connectivity index (χ4v) is 2.18. The Morgan fingerprint density at radius 3 is 2.32 bits per heavy atom. The summed E-state index contributed by atoms with van der Waals surface area (Å²) in [6, 6.07) is 13.5.